The molecule has 0 saturated heterocycles. The molecule has 2 aliphatic rings. The zero-order chi connectivity index (χ0) is 16.5. The van der Waals surface area contributed by atoms with E-state index >= 15 is 0 Å². The van der Waals surface area contributed by atoms with Crippen LogP contribution < -0.4 is 0 Å². The van der Waals surface area contributed by atoms with Crippen LogP contribution in [0.3, 0.4) is 0 Å². The van der Waals surface area contributed by atoms with Crippen molar-refractivity contribution in [1.29, 1.82) is 0 Å². The minimum absolute atomic E-state index is 0.103. The van der Waals surface area contributed by atoms with Crippen molar-refractivity contribution in [1.82, 2.24) is 0 Å². The van der Waals surface area contributed by atoms with Crippen LogP contribution in [-0.4, -0.2) is 36.1 Å². The van der Waals surface area contributed by atoms with Crippen molar-refractivity contribution in [2.45, 2.75) is 58.0 Å². The highest BCUT2D eigenvalue weighted by Gasteiger charge is 2.46. The van der Waals surface area contributed by atoms with Crippen molar-refractivity contribution in [3.05, 3.63) is 11.8 Å². The summed E-state index contributed by atoms with van der Waals surface area (Å²) in [6, 6.07) is 0. The molecule has 5 heteroatoms. The van der Waals surface area contributed by atoms with Gasteiger partial charge in [0, 0.05) is 16.6 Å². The smallest absolute Gasteiger partial charge is 0.337 e. The Hall–Kier alpha value is -0.680. The standard InChI is InChI=1S/C17H30O4S/c1-7-22(6,17(2,3)4)21-16-13-10-8-9-12(13)14(11-20-16)15(18)19-5/h11-13,16H,7-10H2,1-6H3/t12-,13+,16-/m0/s1. The van der Waals surface area contributed by atoms with Gasteiger partial charge in [-0.25, -0.2) is 4.79 Å². The third kappa shape index (κ3) is 3.16. The van der Waals surface area contributed by atoms with Crippen molar-refractivity contribution >= 4 is 16.3 Å². The van der Waals surface area contributed by atoms with E-state index in [-0.39, 0.29) is 28.8 Å². The first-order chi connectivity index (χ1) is 10.2. The summed E-state index contributed by atoms with van der Waals surface area (Å²) in [5.41, 5.74) is 0.675. The molecular formula is C17H30O4S. The number of fused-ring (bicyclic) bond motifs is 1. The average molecular weight is 330 g/mol. The summed E-state index contributed by atoms with van der Waals surface area (Å²) in [6.07, 6.45) is 6.76. The quantitative estimate of drug-likeness (QED) is 0.731. The Morgan fingerprint density at radius 1 is 1.41 bits per heavy atom. The Morgan fingerprint density at radius 2 is 2.09 bits per heavy atom. The van der Waals surface area contributed by atoms with Crippen LogP contribution in [0.25, 0.3) is 0 Å². The van der Waals surface area contributed by atoms with E-state index in [0.717, 1.165) is 25.0 Å². The normalized spacial score (nSPS) is 32.3. The number of hydrogen-bond acceptors (Lipinski definition) is 4. The van der Waals surface area contributed by atoms with Crippen LogP contribution in [0.15, 0.2) is 11.8 Å². The van der Waals surface area contributed by atoms with Gasteiger partial charge < -0.3 is 9.47 Å². The van der Waals surface area contributed by atoms with Gasteiger partial charge in [0.15, 0.2) is 0 Å². The maximum absolute atomic E-state index is 11.9. The molecule has 1 aliphatic heterocycles. The van der Waals surface area contributed by atoms with Gasteiger partial charge in [-0.2, -0.15) is 0 Å². The fourth-order valence-electron chi connectivity index (χ4n) is 3.30. The summed E-state index contributed by atoms with van der Waals surface area (Å²) in [7, 11) is 0.179. The topological polar surface area (TPSA) is 44.8 Å². The Bertz CT molecular complexity index is 454. The van der Waals surface area contributed by atoms with E-state index in [2.05, 4.69) is 34.0 Å². The fraction of sp³-hybridized carbons (Fsp3) is 0.824. The summed E-state index contributed by atoms with van der Waals surface area (Å²) in [4.78, 5) is 11.9. The molecule has 0 spiro atoms. The number of carbonyl (C=O) groups excluding carboxylic acids is 1. The zero-order valence-corrected chi connectivity index (χ0v) is 15.5. The van der Waals surface area contributed by atoms with E-state index in [4.69, 9.17) is 13.7 Å². The van der Waals surface area contributed by atoms with Gasteiger partial charge in [-0.3, -0.25) is 4.18 Å². The van der Waals surface area contributed by atoms with Crippen LogP contribution in [0.1, 0.15) is 47.0 Å². The zero-order valence-electron chi connectivity index (χ0n) is 14.7. The molecule has 0 aromatic carbocycles. The van der Waals surface area contributed by atoms with Crippen molar-refractivity contribution < 1.29 is 18.5 Å². The molecular weight excluding hydrogens is 300 g/mol. The largest absolute Gasteiger partial charge is 0.471 e. The van der Waals surface area contributed by atoms with Gasteiger partial charge in [-0.05, 0) is 24.9 Å². The Kier molecular flexibility index (Phi) is 5.17. The molecule has 0 amide bonds. The third-order valence-corrected chi connectivity index (χ3v) is 9.53. The van der Waals surface area contributed by atoms with Crippen molar-refractivity contribution in [2.24, 2.45) is 11.8 Å². The van der Waals surface area contributed by atoms with Crippen LogP contribution in [0.5, 0.6) is 0 Å². The lowest BCUT2D eigenvalue weighted by Gasteiger charge is -2.49. The van der Waals surface area contributed by atoms with Gasteiger partial charge in [0.05, 0.1) is 18.9 Å². The lowest BCUT2D eigenvalue weighted by Crippen LogP contribution is -2.39. The van der Waals surface area contributed by atoms with E-state index in [9.17, 15) is 4.79 Å². The lowest BCUT2D eigenvalue weighted by atomic mass is 9.87. The first-order valence-electron chi connectivity index (χ1n) is 8.11. The van der Waals surface area contributed by atoms with E-state index in [1.54, 1.807) is 6.26 Å². The van der Waals surface area contributed by atoms with Crippen molar-refractivity contribution in [3.63, 3.8) is 0 Å². The maximum Gasteiger partial charge on any atom is 0.337 e. The fourth-order valence-corrected chi connectivity index (χ4v) is 5.19. The van der Waals surface area contributed by atoms with Gasteiger partial charge in [0.25, 0.3) is 0 Å². The monoisotopic (exact) mass is 330 g/mol. The van der Waals surface area contributed by atoms with E-state index in [1.807, 2.05) is 0 Å². The minimum Gasteiger partial charge on any atom is -0.471 e. The average Bonchev–Trinajstić information content (AvgIpc) is 2.95. The van der Waals surface area contributed by atoms with E-state index in [1.165, 1.54) is 7.11 Å². The minimum atomic E-state index is -1.25. The summed E-state index contributed by atoms with van der Waals surface area (Å²) < 4.78 is 17.4. The van der Waals surface area contributed by atoms with Crippen LogP contribution >= 0.6 is 10.3 Å². The SMILES string of the molecule is CCS(C)(O[C@@H]1OC=C(C(=O)OC)[C@H]2CCC[C@@H]12)C(C)(C)C. The molecule has 0 aromatic rings. The maximum atomic E-state index is 11.9. The Balaban J connectivity index is 2.20. The van der Waals surface area contributed by atoms with Crippen LogP contribution in [0.2, 0.25) is 0 Å². The second kappa shape index (κ2) is 6.44. The molecule has 0 aromatic heterocycles. The molecule has 4 atom stereocenters. The first-order valence-corrected chi connectivity index (χ1v) is 10.2. The van der Waals surface area contributed by atoms with Gasteiger partial charge in [-0.15, -0.1) is 10.3 Å². The number of rotatable bonds is 4. The highest BCUT2D eigenvalue weighted by Crippen LogP contribution is 2.59. The van der Waals surface area contributed by atoms with Crippen LogP contribution in [0.4, 0.5) is 0 Å². The van der Waals surface area contributed by atoms with Crippen LogP contribution in [0, 0.1) is 11.8 Å². The second-order valence-electron chi connectivity index (χ2n) is 7.27. The molecule has 128 valence electrons. The van der Waals surface area contributed by atoms with Gasteiger partial charge in [0.1, 0.15) is 0 Å². The molecule has 1 saturated carbocycles. The van der Waals surface area contributed by atoms with Gasteiger partial charge in [0.2, 0.25) is 6.29 Å². The molecule has 0 N–H and O–H groups in total. The predicted octanol–water partition coefficient (Wildman–Crippen LogP) is 4.00. The summed E-state index contributed by atoms with van der Waals surface area (Å²) in [5, 5.41) is 0. The number of esters is 1. The summed E-state index contributed by atoms with van der Waals surface area (Å²) in [5.74, 6) is 1.21. The molecule has 4 nitrogen and oxygen atoms in total. The van der Waals surface area contributed by atoms with Crippen molar-refractivity contribution in [3.8, 4) is 0 Å². The van der Waals surface area contributed by atoms with E-state index < -0.39 is 10.3 Å². The molecule has 1 aliphatic carbocycles. The van der Waals surface area contributed by atoms with Gasteiger partial charge >= 0.3 is 5.97 Å². The van der Waals surface area contributed by atoms with Crippen LogP contribution in [-0.2, 0) is 18.5 Å². The molecule has 2 rings (SSSR count). The first kappa shape index (κ1) is 17.7. The molecule has 1 unspecified atom stereocenters. The lowest BCUT2D eigenvalue weighted by molar-refractivity contribution is -0.140. The highest BCUT2D eigenvalue weighted by molar-refractivity contribution is 8.30. The van der Waals surface area contributed by atoms with Crippen molar-refractivity contribution in [2.75, 3.05) is 19.1 Å². The summed E-state index contributed by atoms with van der Waals surface area (Å²) >= 11 is 0. The Morgan fingerprint density at radius 3 is 2.64 bits per heavy atom. The summed E-state index contributed by atoms with van der Waals surface area (Å²) in [6.45, 7) is 8.88. The number of hydrogen-bond donors (Lipinski definition) is 0. The molecule has 1 heterocycles. The predicted molar refractivity (Wildman–Crippen MR) is 90.7 cm³/mol. The second-order valence-corrected chi connectivity index (χ2v) is 11.3. The number of methoxy groups -OCH3 is 1. The molecule has 22 heavy (non-hydrogen) atoms. The number of ether oxygens (including phenoxy) is 2. The molecule has 1 fully saturated rings. The molecule has 0 bridgehead atoms. The highest BCUT2D eigenvalue weighted by atomic mass is 32.3. The van der Waals surface area contributed by atoms with E-state index in [0.29, 0.717) is 5.57 Å². The molecule has 0 radical (unpaired) electrons. The third-order valence-electron chi connectivity index (χ3n) is 5.22. The van der Waals surface area contributed by atoms with Gasteiger partial charge in [-0.1, -0.05) is 34.1 Å². The number of carbonyl (C=O) groups is 1. The Labute approximate surface area is 136 Å².